The molecular weight excluding hydrogens is 234 g/mol. The molecule has 18 heavy (non-hydrogen) atoms. The van der Waals surface area contributed by atoms with Gasteiger partial charge in [-0.05, 0) is 6.42 Å². The van der Waals surface area contributed by atoms with Gasteiger partial charge in [-0.15, -0.1) is 0 Å². The summed E-state index contributed by atoms with van der Waals surface area (Å²) in [5, 5.41) is 2.63. The Morgan fingerprint density at radius 1 is 1.44 bits per heavy atom. The van der Waals surface area contributed by atoms with E-state index in [0.29, 0.717) is 6.42 Å². The molecule has 1 atom stereocenters. The number of nitrogens with zero attached hydrogens (tertiary/aromatic N) is 2. The van der Waals surface area contributed by atoms with Gasteiger partial charge in [0.2, 0.25) is 5.91 Å². The number of aliphatic imine (C=N–C) groups is 1. The third-order valence-corrected chi connectivity index (χ3v) is 2.21. The Labute approximate surface area is 108 Å². The van der Waals surface area contributed by atoms with Gasteiger partial charge < -0.3 is 15.0 Å². The Balaban J connectivity index is 4.21. The standard InChI is InChI=1S/C12H23N3O3/c1-5-6-7-10(12(17)18-4)14-11(16)8-13-9-15(2)3/h9-10H,5-8H2,1-4H3,(H,14,16). The van der Waals surface area contributed by atoms with E-state index in [-0.39, 0.29) is 12.5 Å². The second-order valence-electron chi connectivity index (χ2n) is 4.21. The summed E-state index contributed by atoms with van der Waals surface area (Å²) in [5.41, 5.74) is 0. The molecule has 0 aromatic rings. The van der Waals surface area contributed by atoms with Crippen molar-refractivity contribution in [3.8, 4) is 0 Å². The molecule has 0 aliphatic rings. The summed E-state index contributed by atoms with van der Waals surface area (Å²) in [6.07, 6.45) is 3.97. The maximum Gasteiger partial charge on any atom is 0.328 e. The number of hydrogen-bond donors (Lipinski definition) is 1. The largest absolute Gasteiger partial charge is 0.467 e. The van der Waals surface area contributed by atoms with Crippen molar-refractivity contribution in [2.45, 2.75) is 32.2 Å². The minimum absolute atomic E-state index is 0.0117. The molecule has 6 heteroatoms. The van der Waals surface area contributed by atoms with Crippen LogP contribution in [0.2, 0.25) is 0 Å². The van der Waals surface area contributed by atoms with Crippen LogP contribution in [0.3, 0.4) is 0 Å². The molecule has 0 heterocycles. The molecule has 0 saturated carbocycles. The smallest absolute Gasteiger partial charge is 0.328 e. The minimum Gasteiger partial charge on any atom is -0.467 e. The van der Waals surface area contributed by atoms with E-state index < -0.39 is 12.0 Å². The van der Waals surface area contributed by atoms with Crippen molar-refractivity contribution < 1.29 is 14.3 Å². The fraction of sp³-hybridized carbons (Fsp3) is 0.750. The normalized spacial score (nSPS) is 12.2. The van der Waals surface area contributed by atoms with Crippen LogP contribution in [0.25, 0.3) is 0 Å². The molecule has 0 saturated heterocycles. The van der Waals surface area contributed by atoms with E-state index >= 15 is 0 Å². The molecule has 1 amide bonds. The topological polar surface area (TPSA) is 71.0 Å². The monoisotopic (exact) mass is 257 g/mol. The highest BCUT2D eigenvalue weighted by atomic mass is 16.5. The van der Waals surface area contributed by atoms with Gasteiger partial charge in [0, 0.05) is 14.1 Å². The van der Waals surface area contributed by atoms with E-state index in [9.17, 15) is 9.59 Å². The molecule has 0 radical (unpaired) electrons. The molecule has 0 rings (SSSR count). The highest BCUT2D eigenvalue weighted by Crippen LogP contribution is 2.02. The maximum absolute atomic E-state index is 11.6. The lowest BCUT2D eigenvalue weighted by Gasteiger charge is -2.15. The van der Waals surface area contributed by atoms with Crippen molar-refractivity contribution in [3.05, 3.63) is 0 Å². The molecule has 0 fully saturated rings. The molecular formula is C12H23N3O3. The van der Waals surface area contributed by atoms with Gasteiger partial charge in [0.25, 0.3) is 0 Å². The average molecular weight is 257 g/mol. The van der Waals surface area contributed by atoms with Crippen molar-refractivity contribution in [1.29, 1.82) is 0 Å². The van der Waals surface area contributed by atoms with Gasteiger partial charge >= 0.3 is 5.97 Å². The zero-order valence-electron chi connectivity index (χ0n) is 11.6. The van der Waals surface area contributed by atoms with Crippen LogP contribution in [0.4, 0.5) is 0 Å². The highest BCUT2D eigenvalue weighted by Gasteiger charge is 2.20. The van der Waals surface area contributed by atoms with Gasteiger partial charge in [0.05, 0.1) is 13.4 Å². The van der Waals surface area contributed by atoms with Crippen LogP contribution in [0.15, 0.2) is 4.99 Å². The fourth-order valence-electron chi connectivity index (χ4n) is 1.33. The number of ether oxygens (including phenoxy) is 1. The third-order valence-electron chi connectivity index (χ3n) is 2.21. The Morgan fingerprint density at radius 3 is 2.61 bits per heavy atom. The first kappa shape index (κ1) is 16.4. The van der Waals surface area contributed by atoms with E-state index in [0.717, 1.165) is 12.8 Å². The van der Waals surface area contributed by atoms with Crippen LogP contribution < -0.4 is 5.32 Å². The number of carbonyl (C=O) groups is 2. The molecule has 0 aromatic heterocycles. The SMILES string of the molecule is CCCCC(NC(=O)CN=CN(C)C)C(=O)OC. The Bertz CT molecular complexity index is 290. The number of nitrogens with one attached hydrogen (secondary N) is 1. The van der Waals surface area contributed by atoms with Crippen molar-refractivity contribution in [2.24, 2.45) is 4.99 Å². The summed E-state index contributed by atoms with van der Waals surface area (Å²) in [4.78, 5) is 28.7. The van der Waals surface area contributed by atoms with Crippen molar-refractivity contribution in [3.63, 3.8) is 0 Å². The molecule has 0 aliphatic heterocycles. The average Bonchev–Trinajstić information content (AvgIpc) is 2.32. The number of carbonyl (C=O) groups excluding carboxylic acids is 2. The number of methoxy groups -OCH3 is 1. The second-order valence-corrected chi connectivity index (χ2v) is 4.21. The Kier molecular flexibility index (Phi) is 8.61. The molecule has 1 unspecified atom stereocenters. The lowest BCUT2D eigenvalue weighted by Crippen LogP contribution is -2.42. The van der Waals surface area contributed by atoms with Crippen LogP contribution in [-0.4, -0.2) is 56.9 Å². The van der Waals surface area contributed by atoms with E-state index in [1.165, 1.54) is 7.11 Å². The minimum atomic E-state index is -0.572. The lowest BCUT2D eigenvalue weighted by molar-refractivity contribution is -0.145. The first-order valence-corrected chi connectivity index (χ1v) is 6.04. The van der Waals surface area contributed by atoms with Crippen LogP contribution in [0.1, 0.15) is 26.2 Å². The summed E-state index contributed by atoms with van der Waals surface area (Å²) in [6, 6.07) is -0.572. The molecule has 1 N–H and O–H groups in total. The number of unbranched alkanes of at least 4 members (excludes halogenated alkanes) is 1. The molecule has 0 aliphatic carbocycles. The van der Waals surface area contributed by atoms with Gasteiger partial charge in [-0.3, -0.25) is 9.79 Å². The summed E-state index contributed by atoms with van der Waals surface area (Å²) < 4.78 is 4.65. The van der Waals surface area contributed by atoms with E-state index in [4.69, 9.17) is 0 Å². The van der Waals surface area contributed by atoms with E-state index in [2.05, 4.69) is 15.0 Å². The van der Waals surface area contributed by atoms with Crippen LogP contribution in [-0.2, 0) is 14.3 Å². The fourth-order valence-corrected chi connectivity index (χ4v) is 1.33. The molecule has 104 valence electrons. The quantitative estimate of drug-likeness (QED) is 0.389. The summed E-state index contributed by atoms with van der Waals surface area (Å²) in [7, 11) is 4.96. The zero-order valence-corrected chi connectivity index (χ0v) is 11.6. The summed E-state index contributed by atoms with van der Waals surface area (Å²) in [5.74, 6) is -0.687. The van der Waals surface area contributed by atoms with E-state index in [1.807, 2.05) is 21.0 Å². The second kappa shape index (κ2) is 9.44. The Morgan fingerprint density at radius 2 is 2.11 bits per heavy atom. The van der Waals surface area contributed by atoms with Gasteiger partial charge in [-0.2, -0.15) is 0 Å². The van der Waals surface area contributed by atoms with Gasteiger partial charge in [0.15, 0.2) is 0 Å². The zero-order chi connectivity index (χ0) is 14.0. The molecule has 0 spiro atoms. The lowest BCUT2D eigenvalue weighted by atomic mass is 10.1. The number of esters is 1. The van der Waals surface area contributed by atoms with E-state index in [1.54, 1.807) is 11.2 Å². The first-order chi connectivity index (χ1) is 8.51. The van der Waals surface area contributed by atoms with Gasteiger partial charge in [-0.25, -0.2) is 4.79 Å². The summed E-state index contributed by atoms with van der Waals surface area (Å²) >= 11 is 0. The first-order valence-electron chi connectivity index (χ1n) is 6.04. The van der Waals surface area contributed by atoms with Crippen molar-refractivity contribution in [1.82, 2.24) is 10.2 Å². The predicted octanol–water partition coefficient (Wildman–Crippen LogP) is 0.424. The predicted molar refractivity (Wildman–Crippen MR) is 70.5 cm³/mol. The highest BCUT2D eigenvalue weighted by molar-refractivity contribution is 5.86. The van der Waals surface area contributed by atoms with Crippen LogP contribution >= 0.6 is 0 Å². The number of rotatable bonds is 8. The number of amides is 1. The van der Waals surface area contributed by atoms with Crippen molar-refractivity contribution in [2.75, 3.05) is 27.7 Å². The van der Waals surface area contributed by atoms with Gasteiger partial charge in [0.1, 0.15) is 12.6 Å². The molecule has 0 aromatic carbocycles. The third kappa shape index (κ3) is 7.65. The van der Waals surface area contributed by atoms with Crippen LogP contribution in [0.5, 0.6) is 0 Å². The van der Waals surface area contributed by atoms with Crippen molar-refractivity contribution >= 4 is 18.2 Å². The number of hydrogen-bond acceptors (Lipinski definition) is 4. The maximum atomic E-state index is 11.6. The molecule has 6 nitrogen and oxygen atoms in total. The van der Waals surface area contributed by atoms with Gasteiger partial charge in [-0.1, -0.05) is 19.8 Å². The Hall–Kier alpha value is -1.59. The molecule has 0 bridgehead atoms. The van der Waals surface area contributed by atoms with Crippen LogP contribution in [0, 0.1) is 0 Å². The summed E-state index contributed by atoms with van der Waals surface area (Å²) in [6.45, 7) is 2.04.